The van der Waals surface area contributed by atoms with E-state index in [4.69, 9.17) is 4.98 Å². The highest BCUT2D eigenvalue weighted by molar-refractivity contribution is 6.05. The summed E-state index contributed by atoms with van der Waals surface area (Å²) in [6.07, 6.45) is 5.81. The number of anilines is 1. The molecule has 5 rings (SSSR count). The molecule has 2 heterocycles. The van der Waals surface area contributed by atoms with E-state index in [1.54, 1.807) is 29.2 Å². The molecule has 0 bridgehead atoms. The predicted molar refractivity (Wildman–Crippen MR) is 167 cm³/mol. The van der Waals surface area contributed by atoms with E-state index in [1.165, 1.54) is 17.7 Å². The molecule has 2 amide bonds. The number of hydrogen-bond donors (Lipinski definition) is 1. The first-order chi connectivity index (χ1) is 20.3. The van der Waals surface area contributed by atoms with Gasteiger partial charge in [-0.1, -0.05) is 24.3 Å². The van der Waals surface area contributed by atoms with Gasteiger partial charge in [0.05, 0.1) is 5.52 Å². The van der Waals surface area contributed by atoms with E-state index in [0.29, 0.717) is 17.9 Å². The lowest BCUT2D eigenvalue weighted by Crippen LogP contribution is -2.34. The normalized spacial score (nSPS) is 14.2. The van der Waals surface area contributed by atoms with Gasteiger partial charge in [-0.25, -0.2) is 4.39 Å². The number of aromatic nitrogens is 1. The molecule has 0 saturated carbocycles. The molecule has 1 saturated heterocycles. The van der Waals surface area contributed by atoms with Crippen LogP contribution in [0.1, 0.15) is 54.1 Å². The zero-order valence-corrected chi connectivity index (χ0v) is 24.7. The van der Waals surface area contributed by atoms with Gasteiger partial charge in [0.1, 0.15) is 5.82 Å². The number of nitrogens with one attached hydrogen (secondary N) is 1. The molecule has 0 spiro atoms. The predicted octanol–water partition coefficient (Wildman–Crippen LogP) is 7.07. The highest BCUT2D eigenvalue weighted by Gasteiger charge is 2.21. The second-order valence-corrected chi connectivity index (χ2v) is 11.4. The van der Waals surface area contributed by atoms with E-state index in [0.717, 1.165) is 78.7 Å². The Hall–Kier alpha value is -4.10. The number of carbonyl (C=O) groups is 2. The highest BCUT2D eigenvalue weighted by atomic mass is 19.1. The van der Waals surface area contributed by atoms with Gasteiger partial charge in [-0.2, -0.15) is 0 Å². The second-order valence-electron chi connectivity index (χ2n) is 11.4. The number of likely N-dealkylation sites (tertiary alicyclic amines) is 1. The Morgan fingerprint density at radius 2 is 1.67 bits per heavy atom. The van der Waals surface area contributed by atoms with Crippen LogP contribution in [0, 0.1) is 18.7 Å². The number of carbonyl (C=O) groups excluding carboxylic acids is 2. The summed E-state index contributed by atoms with van der Waals surface area (Å²) >= 11 is 0. The van der Waals surface area contributed by atoms with Crippen LogP contribution in [-0.4, -0.2) is 53.3 Å². The molecule has 1 aliphatic rings. The molecule has 1 aromatic heterocycles. The molecule has 0 unspecified atom stereocenters. The maximum Gasteiger partial charge on any atom is 0.255 e. The van der Waals surface area contributed by atoms with Crippen LogP contribution in [-0.2, 0) is 11.3 Å². The van der Waals surface area contributed by atoms with Crippen LogP contribution in [0.15, 0.2) is 72.9 Å². The van der Waals surface area contributed by atoms with E-state index < -0.39 is 0 Å². The third-order valence-electron chi connectivity index (χ3n) is 8.44. The number of pyridine rings is 1. The molecule has 4 aromatic rings. The summed E-state index contributed by atoms with van der Waals surface area (Å²) < 4.78 is 13.2. The molecule has 6 nitrogen and oxygen atoms in total. The zero-order valence-electron chi connectivity index (χ0n) is 24.7. The Bertz CT molecular complexity index is 1540. The van der Waals surface area contributed by atoms with Crippen LogP contribution in [0.3, 0.4) is 0 Å². The fourth-order valence-electron chi connectivity index (χ4n) is 5.59. The lowest BCUT2D eigenvalue weighted by Gasteiger charge is -2.32. The lowest BCUT2D eigenvalue weighted by molar-refractivity contribution is -0.130. The Balaban J connectivity index is 1.17. The molecule has 1 fully saturated rings. The molecule has 7 heteroatoms. The third kappa shape index (κ3) is 7.21. The van der Waals surface area contributed by atoms with Crippen LogP contribution >= 0.6 is 0 Å². The van der Waals surface area contributed by atoms with Gasteiger partial charge in [-0.3, -0.25) is 19.5 Å². The van der Waals surface area contributed by atoms with Crippen LogP contribution in [0.2, 0.25) is 0 Å². The second kappa shape index (κ2) is 13.3. The number of aryl methyl sites for hydroxylation is 1. The Morgan fingerprint density at radius 3 is 2.33 bits per heavy atom. The first kappa shape index (κ1) is 29.4. The first-order valence-corrected chi connectivity index (χ1v) is 14.8. The lowest BCUT2D eigenvalue weighted by atomic mass is 9.91. The standard InChI is InChI=1S/C35H39FN4O2/c1-4-39(3)34(41)14-5-25-15-17-40(18-16-25)23-26-20-30-19-24(2)32(21-33(30)37-22-26)38-35(42)29-8-6-27(7-9-29)28-10-12-31(36)13-11-28/h6-13,19-22,25H,4-5,14-18,23H2,1-3H3,(H,38,42). The van der Waals surface area contributed by atoms with Crippen molar-refractivity contribution in [2.75, 3.05) is 32.0 Å². The van der Waals surface area contributed by atoms with E-state index in [1.807, 2.05) is 45.3 Å². The molecule has 42 heavy (non-hydrogen) atoms. The molecular weight excluding hydrogens is 527 g/mol. The van der Waals surface area contributed by atoms with Crippen molar-refractivity contribution in [2.24, 2.45) is 5.92 Å². The molecule has 0 atom stereocenters. The Morgan fingerprint density at radius 1 is 1.00 bits per heavy atom. The van der Waals surface area contributed by atoms with Gasteiger partial charge < -0.3 is 10.2 Å². The molecule has 1 N–H and O–H groups in total. The fourth-order valence-corrected chi connectivity index (χ4v) is 5.59. The van der Waals surface area contributed by atoms with Crippen molar-refractivity contribution >= 4 is 28.4 Å². The maximum atomic E-state index is 13.2. The summed E-state index contributed by atoms with van der Waals surface area (Å²) in [6.45, 7) is 7.70. The van der Waals surface area contributed by atoms with Gasteiger partial charge in [-0.15, -0.1) is 0 Å². The monoisotopic (exact) mass is 566 g/mol. The highest BCUT2D eigenvalue weighted by Crippen LogP contribution is 2.27. The molecule has 1 aliphatic heterocycles. The minimum Gasteiger partial charge on any atom is -0.346 e. The zero-order chi connectivity index (χ0) is 29.6. The maximum absolute atomic E-state index is 13.2. The van der Waals surface area contributed by atoms with E-state index in [9.17, 15) is 14.0 Å². The van der Waals surface area contributed by atoms with Crippen molar-refractivity contribution in [1.82, 2.24) is 14.8 Å². The summed E-state index contributed by atoms with van der Waals surface area (Å²) in [7, 11) is 1.87. The molecule has 218 valence electrons. The van der Waals surface area contributed by atoms with Gasteiger partial charge in [-0.05, 0) is 117 Å². The average molecular weight is 567 g/mol. The average Bonchev–Trinajstić information content (AvgIpc) is 3.01. The number of hydrogen-bond acceptors (Lipinski definition) is 4. The number of nitrogens with zero attached hydrogens (tertiary/aromatic N) is 3. The topological polar surface area (TPSA) is 65.5 Å². The summed E-state index contributed by atoms with van der Waals surface area (Å²) in [5, 5.41) is 4.09. The van der Waals surface area contributed by atoms with Gasteiger partial charge in [0.2, 0.25) is 5.91 Å². The summed E-state index contributed by atoms with van der Waals surface area (Å²) in [6, 6.07) is 19.8. The first-order valence-electron chi connectivity index (χ1n) is 14.8. The fraction of sp³-hybridized carbons (Fsp3) is 0.343. The van der Waals surface area contributed by atoms with E-state index in [2.05, 4.69) is 22.3 Å². The number of benzene rings is 3. The third-order valence-corrected chi connectivity index (χ3v) is 8.44. The van der Waals surface area contributed by atoms with Crippen molar-refractivity contribution in [1.29, 1.82) is 0 Å². The molecule has 0 radical (unpaired) electrons. The van der Waals surface area contributed by atoms with Crippen molar-refractivity contribution < 1.29 is 14.0 Å². The Labute approximate surface area is 247 Å². The van der Waals surface area contributed by atoms with Gasteiger partial charge >= 0.3 is 0 Å². The van der Waals surface area contributed by atoms with E-state index in [-0.39, 0.29) is 17.6 Å². The Kier molecular flexibility index (Phi) is 9.28. The van der Waals surface area contributed by atoms with Crippen molar-refractivity contribution in [3.63, 3.8) is 0 Å². The number of piperidine rings is 1. The SMILES string of the molecule is CCN(C)C(=O)CCC1CCN(Cc2cnc3cc(NC(=O)c4ccc(-c5ccc(F)cc5)cc4)c(C)cc3c2)CC1. The van der Waals surface area contributed by atoms with Crippen LogP contribution in [0.4, 0.5) is 10.1 Å². The van der Waals surface area contributed by atoms with Crippen molar-refractivity contribution in [3.05, 3.63) is 95.4 Å². The summed E-state index contributed by atoms with van der Waals surface area (Å²) in [5.74, 6) is 0.403. The summed E-state index contributed by atoms with van der Waals surface area (Å²) in [4.78, 5) is 34.1. The number of halogens is 1. The quantitative estimate of drug-likeness (QED) is 0.235. The smallest absolute Gasteiger partial charge is 0.255 e. The minimum absolute atomic E-state index is 0.190. The van der Waals surface area contributed by atoms with Crippen molar-refractivity contribution in [3.8, 4) is 11.1 Å². The van der Waals surface area contributed by atoms with Crippen LogP contribution in [0.25, 0.3) is 22.0 Å². The number of rotatable bonds is 9. The van der Waals surface area contributed by atoms with Crippen LogP contribution < -0.4 is 5.32 Å². The van der Waals surface area contributed by atoms with Gasteiger partial charge in [0, 0.05) is 49.4 Å². The van der Waals surface area contributed by atoms with Crippen LogP contribution in [0.5, 0.6) is 0 Å². The number of fused-ring (bicyclic) bond motifs is 1. The molecular formula is C35H39FN4O2. The molecule has 3 aromatic carbocycles. The van der Waals surface area contributed by atoms with Gasteiger partial charge in [0.15, 0.2) is 0 Å². The summed E-state index contributed by atoms with van der Waals surface area (Å²) in [5.41, 5.74) is 6.09. The minimum atomic E-state index is -0.274. The molecule has 0 aliphatic carbocycles. The number of amides is 2. The van der Waals surface area contributed by atoms with E-state index >= 15 is 0 Å². The van der Waals surface area contributed by atoms with Crippen molar-refractivity contribution in [2.45, 2.75) is 46.1 Å². The largest absolute Gasteiger partial charge is 0.346 e. The van der Waals surface area contributed by atoms with Gasteiger partial charge in [0.25, 0.3) is 5.91 Å².